The standard InChI is InChI=1S/C14H22FN5O/c1-20(2)14-10(12(17)21)7-11(15)13(19-14)18-9-5-3-8(16)4-6-9/h7-9H,3-6,16H2,1-2H3,(H2,17,21)(H,18,19). The largest absolute Gasteiger partial charge is 0.365 e. The van der Waals surface area contributed by atoms with Crippen LogP contribution in [0.2, 0.25) is 0 Å². The van der Waals surface area contributed by atoms with Gasteiger partial charge in [-0.05, 0) is 31.7 Å². The molecule has 0 bridgehead atoms. The molecule has 2 rings (SSSR count). The first-order valence-electron chi connectivity index (χ1n) is 7.08. The molecule has 7 heteroatoms. The van der Waals surface area contributed by atoms with E-state index in [-0.39, 0.29) is 23.5 Å². The Balaban J connectivity index is 2.23. The highest BCUT2D eigenvalue weighted by molar-refractivity contribution is 5.98. The van der Waals surface area contributed by atoms with Crippen LogP contribution in [-0.4, -0.2) is 37.1 Å². The first-order valence-corrected chi connectivity index (χ1v) is 7.08. The Morgan fingerprint density at radius 1 is 1.38 bits per heavy atom. The molecule has 0 aliphatic heterocycles. The molecule has 1 fully saturated rings. The van der Waals surface area contributed by atoms with Crippen LogP contribution in [0.25, 0.3) is 0 Å². The van der Waals surface area contributed by atoms with Gasteiger partial charge in [0.2, 0.25) is 0 Å². The zero-order chi connectivity index (χ0) is 15.6. The van der Waals surface area contributed by atoms with E-state index in [1.54, 1.807) is 19.0 Å². The first-order chi connectivity index (χ1) is 9.88. The van der Waals surface area contributed by atoms with Crippen LogP contribution < -0.4 is 21.7 Å². The van der Waals surface area contributed by atoms with Gasteiger partial charge in [-0.15, -0.1) is 0 Å². The Hall–Kier alpha value is -1.89. The summed E-state index contributed by atoms with van der Waals surface area (Å²) in [4.78, 5) is 17.2. The number of amides is 1. The Kier molecular flexibility index (Phi) is 4.62. The molecule has 1 aromatic heterocycles. The maximum Gasteiger partial charge on any atom is 0.252 e. The van der Waals surface area contributed by atoms with Crippen LogP contribution in [0.4, 0.5) is 16.0 Å². The maximum absolute atomic E-state index is 14.1. The minimum Gasteiger partial charge on any atom is -0.365 e. The van der Waals surface area contributed by atoms with Crippen LogP contribution in [-0.2, 0) is 0 Å². The second-order valence-corrected chi connectivity index (χ2v) is 5.70. The highest BCUT2D eigenvalue weighted by Gasteiger charge is 2.22. The van der Waals surface area contributed by atoms with Crippen molar-refractivity contribution in [3.8, 4) is 0 Å². The van der Waals surface area contributed by atoms with E-state index < -0.39 is 11.7 Å². The van der Waals surface area contributed by atoms with Gasteiger partial charge in [-0.1, -0.05) is 0 Å². The lowest BCUT2D eigenvalue weighted by atomic mass is 9.92. The quantitative estimate of drug-likeness (QED) is 0.772. The molecular formula is C14H22FN5O. The molecule has 0 atom stereocenters. The van der Waals surface area contributed by atoms with Gasteiger partial charge in [-0.3, -0.25) is 4.79 Å². The molecule has 1 amide bonds. The number of anilines is 2. The molecule has 0 aromatic carbocycles. The number of hydrogen-bond acceptors (Lipinski definition) is 5. The molecule has 1 aliphatic rings. The minimum atomic E-state index is -0.694. The van der Waals surface area contributed by atoms with Crippen molar-refractivity contribution in [1.82, 2.24) is 4.98 Å². The molecule has 0 unspecified atom stereocenters. The highest BCUT2D eigenvalue weighted by atomic mass is 19.1. The van der Waals surface area contributed by atoms with Crippen molar-refractivity contribution < 1.29 is 9.18 Å². The predicted molar refractivity (Wildman–Crippen MR) is 80.9 cm³/mol. The second kappa shape index (κ2) is 6.26. The van der Waals surface area contributed by atoms with Crippen molar-refractivity contribution in [2.24, 2.45) is 11.5 Å². The van der Waals surface area contributed by atoms with E-state index in [1.165, 1.54) is 0 Å². The molecule has 116 valence electrons. The number of rotatable bonds is 4. The number of hydrogen-bond donors (Lipinski definition) is 3. The molecule has 0 saturated heterocycles. The topological polar surface area (TPSA) is 97.3 Å². The van der Waals surface area contributed by atoms with Gasteiger partial charge in [-0.25, -0.2) is 9.37 Å². The molecule has 1 saturated carbocycles. The van der Waals surface area contributed by atoms with Crippen LogP contribution in [0.3, 0.4) is 0 Å². The van der Waals surface area contributed by atoms with Crippen LogP contribution in [0.5, 0.6) is 0 Å². The number of nitrogens with two attached hydrogens (primary N) is 2. The number of nitrogens with one attached hydrogen (secondary N) is 1. The van der Waals surface area contributed by atoms with Crippen LogP contribution in [0, 0.1) is 5.82 Å². The zero-order valence-corrected chi connectivity index (χ0v) is 12.4. The van der Waals surface area contributed by atoms with Gasteiger partial charge in [0.25, 0.3) is 5.91 Å². The molecule has 0 spiro atoms. The number of aromatic nitrogens is 1. The number of primary amides is 1. The van der Waals surface area contributed by atoms with E-state index in [9.17, 15) is 9.18 Å². The SMILES string of the molecule is CN(C)c1nc(NC2CCC(N)CC2)c(F)cc1C(N)=O. The number of carbonyl (C=O) groups is 1. The van der Waals surface area contributed by atoms with Crippen molar-refractivity contribution in [1.29, 1.82) is 0 Å². The Bertz CT molecular complexity index is 526. The van der Waals surface area contributed by atoms with Crippen molar-refractivity contribution in [2.75, 3.05) is 24.3 Å². The molecule has 0 radical (unpaired) electrons. The molecule has 1 aliphatic carbocycles. The first kappa shape index (κ1) is 15.5. The summed E-state index contributed by atoms with van der Waals surface area (Å²) in [5.74, 6) is -0.743. The van der Waals surface area contributed by atoms with E-state index in [2.05, 4.69) is 10.3 Å². The van der Waals surface area contributed by atoms with Gasteiger partial charge < -0.3 is 21.7 Å². The third kappa shape index (κ3) is 3.60. The third-order valence-corrected chi connectivity index (χ3v) is 3.76. The van der Waals surface area contributed by atoms with E-state index >= 15 is 0 Å². The fraction of sp³-hybridized carbons (Fsp3) is 0.571. The van der Waals surface area contributed by atoms with Gasteiger partial charge in [0.15, 0.2) is 11.6 Å². The lowest BCUT2D eigenvalue weighted by molar-refractivity contribution is 0.1000. The monoisotopic (exact) mass is 295 g/mol. The average molecular weight is 295 g/mol. The molecule has 1 heterocycles. The summed E-state index contributed by atoms with van der Waals surface area (Å²) in [6.45, 7) is 0. The summed E-state index contributed by atoms with van der Waals surface area (Å²) < 4.78 is 14.1. The Morgan fingerprint density at radius 2 is 2.00 bits per heavy atom. The van der Waals surface area contributed by atoms with Crippen LogP contribution in [0.15, 0.2) is 6.07 Å². The van der Waals surface area contributed by atoms with E-state index in [0.717, 1.165) is 31.7 Å². The van der Waals surface area contributed by atoms with Crippen molar-refractivity contribution in [2.45, 2.75) is 37.8 Å². The van der Waals surface area contributed by atoms with E-state index in [0.29, 0.717) is 5.82 Å². The van der Waals surface area contributed by atoms with E-state index in [4.69, 9.17) is 11.5 Å². The lowest BCUT2D eigenvalue weighted by Crippen LogP contribution is -2.33. The average Bonchev–Trinajstić information content (AvgIpc) is 2.42. The summed E-state index contributed by atoms with van der Waals surface area (Å²) in [5, 5.41) is 3.11. The lowest BCUT2D eigenvalue weighted by Gasteiger charge is -2.28. The fourth-order valence-electron chi connectivity index (χ4n) is 2.56. The Labute approximate surface area is 123 Å². The van der Waals surface area contributed by atoms with Crippen LogP contribution >= 0.6 is 0 Å². The maximum atomic E-state index is 14.1. The van der Waals surface area contributed by atoms with Crippen molar-refractivity contribution >= 4 is 17.5 Å². The minimum absolute atomic E-state index is 0.0775. The number of nitrogens with zero attached hydrogens (tertiary/aromatic N) is 2. The third-order valence-electron chi connectivity index (χ3n) is 3.76. The van der Waals surface area contributed by atoms with Gasteiger partial charge >= 0.3 is 0 Å². The van der Waals surface area contributed by atoms with Gasteiger partial charge in [-0.2, -0.15) is 0 Å². The van der Waals surface area contributed by atoms with Crippen LogP contribution in [0.1, 0.15) is 36.0 Å². The Morgan fingerprint density at radius 3 is 2.52 bits per heavy atom. The molecule has 21 heavy (non-hydrogen) atoms. The predicted octanol–water partition coefficient (Wildman–Crippen LogP) is 1.07. The summed E-state index contributed by atoms with van der Waals surface area (Å²) in [7, 11) is 3.46. The highest BCUT2D eigenvalue weighted by Crippen LogP contribution is 2.25. The zero-order valence-electron chi connectivity index (χ0n) is 12.4. The molecule has 1 aromatic rings. The number of pyridine rings is 1. The summed E-state index contributed by atoms with van der Waals surface area (Å²) in [5.41, 5.74) is 11.2. The van der Waals surface area contributed by atoms with Gasteiger partial charge in [0.1, 0.15) is 5.82 Å². The molecule has 6 nitrogen and oxygen atoms in total. The molecule has 5 N–H and O–H groups in total. The second-order valence-electron chi connectivity index (χ2n) is 5.70. The smallest absolute Gasteiger partial charge is 0.252 e. The molecular weight excluding hydrogens is 273 g/mol. The fourth-order valence-corrected chi connectivity index (χ4v) is 2.56. The number of halogens is 1. The van der Waals surface area contributed by atoms with Gasteiger partial charge in [0, 0.05) is 26.2 Å². The number of carbonyl (C=O) groups excluding carboxylic acids is 1. The van der Waals surface area contributed by atoms with Gasteiger partial charge in [0.05, 0.1) is 5.56 Å². The summed E-state index contributed by atoms with van der Waals surface area (Å²) >= 11 is 0. The summed E-state index contributed by atoms with van der Waals surface area (Å²) in [6.07, 6.45) is 3.60. The van der Waals surface area contributed by atoms with Crippen molar-refractivity contribution in [3.05, 3.63) is 17.4 Å². The van der Waals surface area contributed by atoms with Crippen molar-refractivity contribution in [3.63, 3.8) is 0 Å². The normalized spacial score (nSPS) is 21.9. The van der Waals surface area contributed by atoms with E-state index in [1.807, 2.05) is 0 Å². The summed E-state index contributed by atoms with van der Waals surface area (Å²) in [6, 6.07) is 1.53.